The number of sulfone groups is 1. The molecule has 0 fully saturated rings. The average molecular weight is 416 g/mol. The summed E-state index contributed by atoms with van der Waals surface area (Å²) in [7, 11) is -4.97. The second kappa shape index (κ2) is 5.51. The predicted octanol–water partition coefficient (Wildman–Crippen LogP) is 3.53. The lowest BCUT2D eigenvalue weighted by atomic mass is 10.1. The van der Waals surface area contributed by atoms with Crippen molar-refractivity contribution < 1.29 is 27.0 Å². The molecule has 0 amide bonds. The Bertz CT molecular complexity index is 985. The summed E-state index contributed by atoms with van der Waals surface area (Å²) in [6.45, 7) is 0. The van der Waals surface area contributed by atoms with Crippen LogP contribution in [-0.4, -0.2) is 18.8 Å². The van der Waals surface area contributed by atoms with Crippen LogP contribution in [-0.2, 0) is 9.84 Å². The Morgan fingerprint density at radius 3 is 2.67 bits per heavy atom. The Morgan fingerprint density at radius 2 is 2.00 bits per heavy atom. The van der Waals surface area contributed by atoms with Crippen molar-refractivity contribution in [2.45, 2.75) is 16.3 Å². The Morgan fingerprint density at radius 1 is 1.29 bits per heavy atom. The van der Waals surface area contributed by atoms with Crippen LogP contribution in [0, 0.1) is 11.3 Å². The summed E-state index contributed by atoms with van der Waals surface area (Å²) in [4.78, 5) is -0.648. The second-order valence-corrected chi connectivity index (χ2v) is 7.78. The highest BCUT2D eigenvalue weighted by molar-refractivity contribution is 9.10. The van der Waals surface area contributed by atoms with Crippen LogP contribution < -0.4 is 4.74 Å². The van der Waals surface area contributed by atoms with E-state index >= 15 is 0 Å². The lowest BCUT2D eigenvalue weighted by molar-refractivity contribution is -0.0379. The monoisotopic (exact) mass is 415 g/mol. The zero-order valence-electron chi connectivity index (χ0n) is 11.7. The number of hydrogen-bond donors (Lipinski definition) is 1. The van der Waals surface area contributed by atoms with E-state index in [1.54, 1.807) is 18.2 Å². The molecule has 0 saturated carbocycles. The second-order valence-electron chi connectivity index (χ2n) is 5.00. The standard InChI is InChI=1S/C15H8BrF2NO4S/c16-13-10(23-9-3-1-2-8(6-9)7-19)4-5-11-12(13)14(20)15(17,18)24(11,21)22/h1-6,14,20H. The molecule has 24 heavy (non-hydrogen) atoms. The molecule has 0 radical (unpaired) electrons. The molecule has 1 atom stereocenters. The fraction of sp³-hybridized carbons (Fsp3) is 0.133. The summed E-state index contributed by atoms with van der Waals surface area (Å²) in [6, 6.07) is 10.2. The third-order valence-electron chi connectivity index (χ3n) is 3.53. The van der Waals surface area contributed by atoms with Gasteiger partial charge in [0.15, 0.2) is 6.10 Å². The molecule has 0 aliphatic carbocycles. The summed E-state index contributed by atoms with van der Waals surface area (Å²) in [5, 5.41) is 14.3. The first-order valence-corrected chi connectivity index (χ1v) is 8.78. The third kappa shape index (κ3) is 2.30. The minimum absolute atomic E-state index is 0.0378. The number of nitrogens with zero attached hydrogens (tertiary/aromatic N) is 1. The average Bonchev–Trinajstić information content (AvgIpc) is 2.68. The summed E-state index contributed by atoms with van der Waals surface area (Å²) in [6.07, 6.45) is -2.50. The van der Waals surface area contributed by atoms with Crippen molar-refractivity contribution >= 4 is 25.8 Å². The van der Waals surface area contributed by atoms with Crippen molar-refractivity contribution in [1.29, 1.82) is 5.26 Å². The van der Waals surface area contributed by atoms with Crippen LogP contribution in [0.1, 0.15) is 17.2 Å². The van der Waals surface area contributed by atoms with Crippen molar-refractivity contribution in [3.8, 4) is 17.6 Å². The van der Waals surface area contributed by atoms with Crippen molar-refractivity contribution in [3.63, 3.8) is 0 Å². The molecule has 2 aromatic carbocycles. The Labute approximate surface area is 144 Å². The van der Waals surface area contributed by atoms with Crippen LogP contribution in [0.5, 0.6) is 11.5 Å². The van der Waals surface area contributed by atoms with Gasteiger partial charge in [0.05, 0.1) is 21.0 Å². The molecule has 3 rings (SSSR count). The maximum Gasteiger partial charge on any atom is 0.379 e. The van der Waals surface area contributed by atoms with E-state index in [9.17, 15) is 22.3 Å². The van der Waals surface area contributed by atoms with Gasteiger partial charge in [-0.2, -0.15) is 14.0 Å². The fourth-order valence-corrected chi connectivity index (χ4v) is 4.57. The van der Waals surface area contributed by atoms with E-state index in [0.717, 1.165) is 6.07 Å². The molecule has 1 N–H and O–H groups in total. The van der Waals surface area contributed by atoms with Crippen molar-refractivity contribution in [2.75, 3.05) is 0 Å². The first-order chi connectivity index (χ1) is 11.2. The molecule has 5 nitrogen and oxygen atoms in total. The number of hydrogen-bond acceptors (Lipinski definition) is 5. The minimum atomic E-state index is -4.97. The van der Waals surface area contributed by atoms with Gasteiger partial charge in [-0.25, -0.2) is 8.42 Å². The molecule has 1 heterocycles. The SMILES string of the molecule is N#Cc1cccc(Oc2ccc3c(c2Br)C(O)C(F)(F)S3(=O)=O)c1. The molecule has 124 valence electrons. The molecule has 9 heteroatoms. The molecule has 1 aliphatic heterocycles. The van der Waals surface area contributed by atoms with Gasteiger partial charge in [0, 0.05) is 5.56 Å². The Balaban J connectivity index is 2.09. The zero-order valence-corrected chi connectivity index (χ0v) is 14.1. The number of rotatable bonds is 2. The van der Waals surface area contributed by atoms with Gasteiger partial charge in [-0.1, -0.05) is 6.07 Å². The van der Waals surface area contributed by atoms with Gasteiger partial charge < -0.3 is 9.84 Å². The first kappa shape index (κ1) is 16.8. The van der Waals surface area contributed by atoms with Crippen molar-refractivity contribution in [2.24, 2.45) is 0 Å². The molecule has 1 aliphatic rings. The van der Waals surface area contributed by atoms with E-state index in [1.807, 2.05) is 6.07 Å². The minimum Gasteiger partial charge on any atom is -0.456 e. The largest absolute Gasteiger partial charge is 0.456 e. The smallest absolute Gasteiger partial charge is 0.379 e. The third-order valence-corrected chi connectivity index (χ3v) is 6.23. The highest BCUT2D eigenvalue weighted by Crippen LogP contribution is 2.53. The summed E-state index contributed by atoms with van der Waals surface area (Å²) in [5.74, 6) is 0.299. The Hall–Kier alpha value is -2.02. The number of aliphatic hydroxyl groups is 1. The van der Waals surface area contributed by atoms with E-state index in [-0.39, 0.29) is 16.0 Å². The topological polar surface area (TPSA) is 87.4 Å². The van der Waals surface area contributed by atoms with E-state index in [4.69, 9.17) is 10.00 Å². The fourth-order valence-electron chi connectivity index (χ4n) is 2.34. The quantitative estimate of drug-likeness (QED) is 0.810. The zero-order chi connectivity index (χ0) is 17.7. The molecule has 0 aromatic heterocycles. The number of nitriles is 1. The number of alkyl halides is 2. The maximum absolute atomic E-state index is 13.8. The number of fused-ring (bicyclic) bond motifs is 1. The van der Waals surface area contributed by atoms with Crippen LogP contribution >= 0.6 is 15.9 Å². The molecule has 0 bridgehead atoms. The molecular weight excluding hydrogens is 408 g/mol. The van der Waals surface area contributed by atoms with Crippen LogP contribution in [0.2, 0.25) is 0 Å². The van der Waals surface area contributed by atoms with E-state index < -0.39 is 31.7 Å². The van der Waals surface area contributed by atoms with Gasteiger partial charge in [-0.05, 0) is 46.3 Å². The van der Waals surface area contributed by atoms with E-state index in [1.165, 1.54) is 12.1 Å². The van der Waals surface area contributed by atoms with Crippen LogP contribution in [0.15, 0.2) is 45.8 Å². The summed E-state index contributed by atoms with van der Waals surface area (Å²) in [5.41, 5.74) is -0.118. The van der Waals surface area contributed by atoms with Gasteiger partial charge in [0.25, 0.3) is 0 Å². The first-order valence-electron chi connectivity index (χ1n) is 6.51. The number of ether oxygens (including phenoxy) is 1. The molecule has 0 spiro atoms. The predicted molar refractivity (Wildman–Crippen MR) is 82.5 cm³/mol. The molecule has 1 unspecified atom stereocenters. The van der Waals surface area contributed by atoms with E-state index in [0.29, 0.717) is 5.56 Å². The van der Waals surface area contributed by atoms with E-state index in [2.05, 4.69) is 15.9 Å². The highest BCUT2D eigenvalue weighted by atomic mass is 79.9. The maximum atomic E-state index is 13.8. The van der Waals surface area contributed by atoms with Gasteiger partial charge in [0.1, 0.15) is 11.5 Å². The van der Waals surface area contributed by atoms with Gasteiger partial charge in [-0.15, -0.1) is 0 Å². The van der Waals surface area contributed by atoms with Gasteiger partial charge >= 0.3 is 5.25 Å². The molecule has 2 aromatic rings. The van der Waals surface area contributed by atoms with Crippen LogP contribution in [0.25, 0.3) is 0 Å². The Kier molecular flexibility index (Phi) is 3.86. The van der Waals surface area contributed by atoms with Gasteiger partial charge in [0.2, 0.25) is 9.84 Å². The number of aliphatic hydroxyl groups excluding tert-OH is 1. The van der Waals surface area contributed by atoms with Gasteiger partial charge in [-0.3, -0.25) is 0 Å². The normalized spacial score (nSPS) is 20.2. The van der Waals surface area contributed by atoms with Crippen LogP contribution in [0.3, 0.4) is 0 Å². The number of halogens is 3. The van der Waals surface area contributed by atoms with Crippen LogP contribution in [0.4, 0.5) is 8.78 Å². The van der Waals surface area contributed by atoms with Crippen molar-refractivity contribution in [1.82, 2.24) is 0 Å². The summed E-state index contributed by atoms with van der Waals surface area (Å²) >= 11 is 3.02. The van der Waals surface area contributed by atoms with Crippen molar-refractivity contribution in [3.05, 3.63) is 52.0 Å². The number of benzene rings is 2. The lowest BCUT2D eigenvalue weighted by Gasteiger charge is -2.14. The lowest BCUT2D eigenvalue weighted by Crippen LogP contribution is -2.28. The molecular formula is C15H8BrF2NO4S. The highest BCUT2D eigenvalue weighted by Gasteiger charge is 2.61. The molecule has 0 saturated heterocycles. The summed E-state index contributed by atoms with van der Waals surface area (Å²) < 4.78 is 56.7.